The Kier molecular flexibility index (Phi) is 4.25. The lowest BCUT2D eigenvalue weighted by atomic mass is 9.62. The predicted molar refractivity (Wildman–Crippen MR) is 74.8 cm³/mol. The Labute approximate surface area is 110 Å². The molecule has 3 N–H and O–H groups in total. The monoisotopic (exact) mass is 248 g/mol. The molecule has 2 rings (SSSR count). The van der Waals surface area contributed by atoms with E-state index in [1.807, 2.05) is 26.1 Å². The summed E-state index contributed by atoms with van der Waals surface area (Å²) in [5.74, 6) is 0.921. The van der Waals surface area contributed by atoms with Gasteiger partial charge in [-0.2, -0.15) is 0 Å². The molecule has 1 aromatic rings. The van der Waals surface area contributed by atoms with Crippen molar-refractivity contribution in [2.24, 2.45) is 11.1 Å². The molecular weight excluding hydrogens is 224 g/mol. The Morgan fingerprint density at radius 3 is 2.44 bits per heavy atom. The van der Waals surface area contributed by atoms with Gasteiger partial charge in [-0.15, -0.1) is 0 Å². The Morgan fingerprint density at radius 1 is 1.33 bits per heavy atom. The maximum absolute atomic E-state index is 6.46. The number of hydrogen-bond donors (Lipinski definition) is 2. The number of nitrogens with two attached hydrogens (primary N) is 1. The molecule has 18 heavy (non-hydrogen) atoms. The maximum atomic E-state index is 6.46. The van der Waals surface area contributed by atoms with Crippen LogP contribution < -0.4 is 15.8 Å². The summed E-state index contributed by atoms with van der Waals surface area (Å²) in [5.41, 5.74) is 7.93. The van der Waals surface area contributed by atoms with E-state index < -0.39 is 0 Å². The third-order valence-electron chi connectivity index (χ3n) is 4.09. The van der Waals surface area contributed by atoms with Crippen molar-refractivity contribution in [3.8, 4) is 5.75 Å². The van der Waals surface area contributed by atoms with Gasteiger partial charge in [-0.05, 0) is 44.5 Å². The summed E-state index contributed by atoms with van der Waals surface area (Å²) in [7, 11) is 2.00. The zero-order chi connectivity index (χ0) is 13.0. The van der Waals surface area contributed by atoms with Crippen molar-refractivity contribution in [3.05, 3.63) is 29.8 Å². The first-order valence-corrected chi connectivity index (χ1v) is 6.85. The molecule has 1 fully saturated rings. The predicted octanol–water partition coefficient (Wildman–Crippen LogP) is 2.47. The van der Waals surface area contributed by atoms with Crippen molar-refractivity contribution >= 4 is 0 Å². The fourth-order valence-corrected chi connectivity index (χ4v) is 2.87. The van der Waals surface area contributed by atoms with Crippen LogP contribution in [-0.4, -0.2) is 20.2 Å². The zero-order valence-corrected chi connectivity index (χ0v) is 11.4. The molecule has 100 valence electrons. The molecule has 1 aliphatic carbocycles. The van der Waals surface area contributed by atoms with Crippen molar-refractivity contribution in [2.75, 3.05) is 20.2 Å². The van der Waals surface area contributed by atoms with Gasteiger partial charge in [0.25, 0.3) is 0 Å². The highest BCUT2D eigenvalue weighted by Gasteiger charge is 2.42. The van der Waals surface area contributed by atoms with Crippen LogP contribution >= 0.6 is 0 Å². The third-order valence-corrected chi connectivity index (χ3v) is 4.09. The van der Waals surface area contributed by atoms with E-state index in [-0.39, 0.29) is 11.5 Å². The lowest BCUT2D eigenvalue weighted by molar-refractivity contribution is 0.0947. The van der Waals surface area contributed by atoms with E-state index >= 15 is 0 Å². The molecule has 1 aromatic carbocycles. The maximum Gasteiger partial charge on any atom is 0.119 e. The highest BCUT2D eigenvalue weighted by Crippen LogP contribution is 2.48. The number of ether oxygens (including phenoxy) is 1. The molecule has 0 aromatic heterocycles. The SMILES string of the molecule is CCOc1ccc(C(N)C2(CNC)CCC2)cc1. The van der Waals surface area contributed by atoms with E-state index in [1.54, 1.807) is 0 Å². The summed E-state index contributed by atoms with van der Waals surface area (Å²) in [6, 6.07) is 8.36. The average Bonchev–Trinajstić information content (AvgIpc) is 2.34. The molecule has 1 atom stereocenters. The molecule has 3 nitrogen and oxygen atoms in total. The van der Waals surface area contributed by atoms with Gasteiger partial charge < -0.3 is 15.8 Å². The summed E-state index contributed by atoms with van der Waals surface area (Å²) in [4.78, 5) is 0. The molecule has 1 saturated carbocycles. The molecule has 3 heteroatoms. The third kappa shape index (κ3) is 2.52. The van der Waals surface area contributed by atoms with Crippen molar-refractivity contribution < 1.29 is 4.74 Å². The summed E-state index contributed by atoms with van der Waals surface area (Å²) in [5, 5.41) is 3.29. The zero-order valence-electron chi connectivity index (χ0n) is 11.4. The van der Waals surface area contributed by atoms with Gasteiger partial charge in [0, 0.05) is 18.0 Å². The van der Waals surface area contributed by atoms with Gasteiger partial charge >= 0.3 is 0 Å². The average molecular weight is 248 g/mol. The van der Waals surface area contributed by atoms with Crippen molar-refractivity contribution in [1.82, 2.24) is 5.32 Å². The fourth-order valence-electron chi connectivity index (χ4n) is 2.87. The van der Waals surface area contributed by atoms with Crippen LogP contribution in [0.15, 0.2) is 24.3 Å². The normalized spacial score (nSPS) is 19.1. The minimum absolute atomic E-state index is 0.120. The minimum Gasteiger partial charge on any atom is -0.494 e. The first-order chi connectivity index (χ1) is 8.72. The number of nitrogens with one attached hydrogen (secondary N) is 1. The summed E-state index contributed by atoms with van der Waals surface area (Å²) < 4.78 is 5.46. The molecule has 1 unspecified atom stereocenters. The highest BCUT2D eigenvalue weighted by atomic mass is 16.5. The Bertz CT molecular complexity index is 371. The number of hydrogen-bond acceptors (Lipinski definition) is 3. The summed E-state index contributed by atoms with van der Waals surface area (Å²) >= 11 is 0. The van der Waals surface area contributed by atoms with Crippen LogP contribution in [0, 0.1) is 5.41 Å². The summed E-state index contributed by atoms with van der Waals surface area (Å²) in [6.45, 7) is 3.70. The quantitative estimate of drug-likeness (QED) is 0.813. The Hall–Kier alpha value is -1.06. The van der Waals surface area contributed by atoms with E-state index in [2.05, 4.69) is 17.4 Å². The standard InChI is InChI=1S/C15H24N2O/c1-3-18-13-7-5-12(6-8-13)14(16)15(11-17-2)9-4-10-15/h5-8,14,17H,3-4,9-11,16H2,1-2H3. The lowest BCUT2D eigenvalue weighted by Gasteiger charge is -2.46. The Balaban J connectivity index is 2.10. The second-order valence-electron chi connectivity index (χ2n) is 5.23. The second kappa shape index (κ2) is 5.72. The molecular formula is C15H24N2O. The van der Waals surface area contributed by atoms with Gasteiger partial charge in [0.2, 0.25) is 0 Å². The van der Waals surface area contributed by atoms with Gasteiger partial charge in [0.15, 0.2) is 0 Å². The lowest BCUT2D eigenvalue weighted by Crippen LogP contribution is -2.46. The van der Waals surface area contributed by atoms with Crippen LogP contribution in [0.5, 0.6) is 5.75 Å². The molecule has 0 saturated heterocycles. The molecule has 0 bridgehead atoms. The molecule has 0 aliphatic heterocycles. The molecule has 0 heterocycles. The topological polar surface area (TPSA) is 47.3 Å². The van der Waals surface area contributed by atoms with Crippen LogP contribution in [-0.2, 0) is 0 Å². The largest absolute Gasteiger partial charge is 0.494 e. The van der Waals surface area contributed by atoms with Crippen LogP contribution in [0.1, 0.15) is 37.8 Å². The highest BCUT2D eigenvalue weighted by molar-refractivity contribution is 5.30. The van der Waals surface area contributed by atoms with E-state index in [9.17, 15) is 0 Å². The van der Waals surface area contributed by atoms with Crippen LogP contribution in [0.25, 0.3) is 0 Å². The van der Waals surface area contributed by atoms with E-state index in [0.29, 0.717) is 6.61 Å². The molecule has 0 radical (unpaired) electrons. The first-order valence-electron chi connectivity index (χ1n) is 6.85. The van der Waals surface area contributed by atoms with Crippen molar-refractivity contribution in [2.45, 2.75) is 32.2 Å². The van der Waals surface area contributed by atoms with Gasteiger partial charge in [-0.3, -0.25) is 0 Å². The van der Waals surface area contributed by atoms with E-state index in [4.69, 9.17) is 10.5 Å². The summed E-state index contributed by atoms with van der Waals surface area (Å²) in [6.07, 6.45) is 3.75. The molecule has 0 amide bonds. The number of benzene rings is 1. The van der Waals surface area contributed by atoms with Gasteiger partial charge in [-0.1, -0.05) is 18.6 Å². The molecule has 1 aliphatic rings. The van der Waals surface area contributed by atoms with Gasteiger partial charge in [0.05, 0.1) is 6.61 Å². The van der Waals surface area contributed by atoms with E-state index in [1.165, 1.54) is 24.8 Å². The minimum atomic E-state index is 0.120. The smallest absolute Gasteiger partial charge is 0.119 e. The number of rotatable bonds is 6. The van der Waals surface area contributed by atoms with Crippen molar-refractivity contribution in [1.29, 1.82) is 0 Å². The van der Waals surface area contributed by atoms with Crippen LogP contribution in [0.4, 0.5) is 0 Å². The van der Waals surface area contributed by atoms with Crippen LogP contribution in [0.3, 0.4) is 0 Å². The van der Waals surface area contributed by atoms with E-state index in [0.717, 1.165) is 12.3 Å². The fraction of sp³-hybridized carbons (Fsp3) is 0.600. The van der Waals surface area contributed by atoms with Gasteiger partial charge in [-0.25, -0.2) is 0 Å². The van der Waals surface area contributed by atoms with Crippen molar-refractivity contribution in [3.63, 3.8) is 0 Å². The van der Waals surface area contributed by atoms with Gasteiger partial charge in [0.1, 0.15) is 5.75 Å². The first kappa shape index (κ1) is 13.4. The molecule has 0 spiro atoms. The van der Waals surface area contributed by atoms with Crippen LogP contribution in [0.2, 0.25) is 0 Å². The Morgan fingerprint density at radius 2 is 2.00 bits per heavy atom. The second-order valence-corrected chi connectivity index (χ2v) is 5.23.